The van der Waals surface area contributed by atoms with E-state index in [0.717, 1.165) is 24.1 Å². The second-order valence-electron chi connectivity index (χ2n) is 6.73. The number of carbonyl (C=O) groups is 1. The van der Waals surface area contributed by atoms with Gasteiger partial charge in [-0.2, -0.15) is 0 Å². The quantitative estimate of drug-likeness (QED) is 0.477. The number of carbonyl (C=O) groups excluding carboxylic acids is 1. The van der Waals surface area contributed by atoms with Crippen LogP contribution in [0.15, 0.2) is 53.7 Å². The van der Waals surface area contributed by atoms with Gasteiger partial charge in [-0.15, -0.1) is 10.2 Å². The molecule has 3 rings (SSSR count). The zero-order chi connectivity index (χ0) is 20.8. The molecule has 0 saturated carbocycles. The minimum Gasteiger partial charge on any atom is -0.370 e. The topological polar surface area (TPSA) is 73.8 Å². The van der Waals surface area contributed by atoms with Crippen LogP contribution in [0.5, 0.6) is 0 Å². The van der Waals surface area contributed by atoms with Crippen LogP contribution in [0.4, 0.5) is 4.39 Å². The molecule has 0 fully saturated rings. The third-order valence-electron chi connectivity index (χ3n) is 4.43. The number of hydrogen-bond acceptors (Lipinski definition) is 4. The van der Waals surface area contributed by atoms with E-state index in [2.05, 4.69) is 10.2 Å². The molecular weight excluding hydrogens is 411 g/mol. The van der Waals surface area contributed by atoms with E-state index >= 15 is 0 Å². The Morgan fingerprint density at radius 1 is 1.24 bits per heavy atom. The lowest BCUT2D eigenvalue weighted by atomic mass is 9.98. The number of aromatic nitrogens is 3. The Balaban J connectivity index is 1.99. The normalized spacial score (nSPS) is 12.1. The molecule has 0 aliphatic heterocycles. The van der Waals surface area contributed by atoms with Gasteiger partial charge in [0.1, 0.15) is 11.6 Å². The third-order valence-corrected chi connectivity index (χ3v) is 5.67. The Labute approximate surface area is 178 Å². The number of hydrogen-bond donors (Lipinski definition) is 1. The third kappa shape index (κ3) is 5.58. The number of thioether (sulfide) groups is 1. The smallest absolute Gasteiger partial charge is 0.218 e. The summed E-state index contributed by atoms with van der Waals surface area (Å²) in [7, 11) is 0. The highest BCUT2D eigenvalue weighted by Crippen LogP contribution is 2.32. The Bertz CT molecular complexity index is 994. The van der Waals surface area contributed by atoms with E-state index in [9.17, 15) is 9.18 Å². The van der Waals surface area contributed by atoms with E-state index in [-0.39, 0.29) is 24.1 Å². The molecule has 1 amide bonds. The predicted molar refractivity (Wildman–Crippen MR) is 114 cm³/mol. The van der Waals surface area contributed by atoms with Crippen LogP contribution in [0.25, 0.3) is 5.69 Å². The van der Waals surface area contributed by atoms with Crippen LogP contribution in [0.2, 0.25) is 5.02 Å². The number of amides is 1. The van der Waals surface area contributed by atoms with Gasteiger partial charge in [-0.05, 0) is 42.3 Å². The molecule has 1 unspecified atom stereocenters. The molecule has 2 aromatic carbocycles. The van der Waals surface area contributed by atoms with Gasteiger partial charge in [-0.1, -0.05) is 54.9 Å². The van der Waals surface area contributed by atoms with Crippen molar-refractivity contribution < 1.29 is 9.18 Å². The van der Waals surface area contributed by atoms with Crippen molar-refractivity contribution in [2.75, 3.05) is 0 Å². The van der Waals surface area contributed by atoms with Crippen molar-refractivity contribution in [2.45, 2.75) is 43.0 Å². The first-order valence-electron chi connectivity index (χ1n) is 9.34. The zero-order valence-electron chi connectivity index (χ0n) is 16.0. The molecule has 1 heterocycles. The van der Waals surface area contributed by atoms with E-state index in [1.54, 1.807) is 12.1 Å². The number of benzene rings is 2. The van der Waals surface area contributed by atoms with E-state index in [1.807, 2.05) is 35.8 Å². The first kappa shape index (κ1) is 21.3. The number of rotatable bonds is 9. The van der Waals surface area contributed by atoms with Crippen molar-refractivity contribution in [1.82, 2.24) is 14.8 Å². The summed E-state index contributed by atoms with van der Waals surface area (Å²) in [5.74, 6) is 0.412. The molecule has 0 radical (unpaired) electrons. The molecule has 0 spiro atoms. The minimum atomic E-state index is -0.377. The molecule has 8 heteroatoms. The average molecular weight is 433 g/mol. The van der Waals surface area contributed by atoms with E-state index in [0.29, 0.717) is 21.8 Å². The van der Waals surface area contributed by atoms with Gasteiger partial charge in [0.25, 0.3) is 0 Å². The van der Waals surface area contributed by atoms with Crippen LogP contribution < -0.4 is 5.73 Å². The molecule has 1 aromatic heterocycles. The van der Waals surface area contributed by atoms with Gasteiger partial charge in [-0.25, -0.2) is 4.39 Å². The number of primary amides is 1. The summed E-state index contributed by atoms with van der Waals surface area (Å²) < 4.78 is 15.4. The van der Waals surface area contributed by atoms with Crippen LogP contribution in [0, 0.1) is 5.82 Å². The van der Waals surface area contributed by atoms with Crippen molar-refractivity contribution in [3.05, 3.63) is 70.8 Å². The number of nitrogens with zero attached hydrogens (tertiary/aromatic N) is 3. The maximum atomic E-state index is 13.5. The Morgan fingerprint density at radius 3 is 2.72 bits per heavy atom. The molecule has 5 nitrogen and oxygen atoms in total. The second-order valence-corrected chi connectivity index (χ2v) is 8.11. The summed E-state index contributed by atoms with van der Waals surface area (Å²) >= 11 is 7.65. The van der Waals surface area contributed by atoms with Crippen LogP contribution in [0.1, 0.15) is 43.5 Å². The first-order valence-corrected chi connectivity index (χ1v) is 10.7. The monoisotopic (exact) mass is 432 g/mol. The van der Waals surface area contributed by atoms with Gasteiger partial charge in [0.2, 0.25) is 5.91 Å². The summed E-state index contributed by atoms with van der Waals surface area (Å²) in [4.78, 5) is 11.6. The highest BCUT2D eigenvalue weighted by atomic mass is 35.5. The Morgan fingerprint density at radius 2 is 2.03 bits per heavy atom. The predicted octanol–water partition coefficient (Wildman–Crippen LogP) is 5.11. The standard InChI is InChI=1S/C21H22ClFN4OS/c1-2-5-15(11-19(24)28)20-25-26-21(27(20)18-9-4-7-16(22)12-18)29-13-14-6-3-8-17(23)10-14/h3-4,6-10,12,15H,2,5,11,13H2,1H3,(H2,24,28). The maximum absolute atomic E-state index is 13.5. The van der Waals surface area contributed by atoms with Gasteiger partial charge in [0, 0.05) is 23.1 Å². The SMILES string of the molecule is CCCC(CC(N)=O)c1nnc(SCc2cccc(F)c2)n1-c1cccc(Cl)c1. The maximum Gasteiger partial charge on any atom is 0.218 e. The largest absolute Gasteiger partial charge is 0.370 e. The summed E-state index contributed by atoms with van der Waals surface area (Å²) in [5, 5.41) is 9.99. The van der Waals surface area contributed by atoms with Crippen LogP contribution in [-0.2, 0) is 10.5 Å². The summed E-state index contributed by atoms with van der Waals surface area (Å²) in [6.45, 7) is 2.05. The molecule has 3 aromatic rings. The van der Waals surface area contributed by atoms with Crippen molar-refractivity contribution >= 4 is 29.3 Å². The molecule has 0 bridgehead atoms. The summed E-state index contributed by atoms with van der Waals surface area (Å²) in [5.41, 5.74) is 7.13. The first-order chi connectivity index (χ1) is 14.0. The minimum absolute atomic E-state index is 0.146. The number of halogens is 2. The van der Waals surface area contributed by atoms with Gasteiger partial charge in [-0.3, -0.25) is 9.36 Å². The van der Waals surface area contributed by atoms with E-state index in [4.69, 9.17) is 17.3 Å². The molecule has 1 atom stereocenters. The van der Waals surface area contributed by atoms with Crippen LogP contribution in [-0.4, -0.2) is 20.7 Å². The van der Waals surface area contributed by atoms with Gasteiger partial charge in [0.15, 0.2) is 5.16 Å². The molecule has 0 aliphatic rings. The molecule has 0 saturated heterocycles. The summed E-state index contributed by atoms with van der Waals surface area (Å²) in [6, 6.07) is 13.9. The molecular formula is C21H22ClFN4OS. The second kappa shape index (κ2) is 9.89. The fraction of sp³-hybridized carbons (Fsp3) is 0.286. The number of nitrogens with two attached hydrogens (primary N) is 1. The highest BCUT2D eigenvalue weighted by Gasteiger charge is 2.24. The zero-order valence-corrected chi connectivity index (χ0v) is 17.6. The van der Waals surface area contributed by atoms with Crippen LogP contribution in [0.3, 0.4) is 0 Å². The van der Waals surface area contributed by atoms with Crippen molar-refractivity contribution in [2.24, 2.45) is 5.73 Å². The highest BCUT2D eigenvalue weighted by molar-refractivity contribution is 7.98. The molecule has 29 heavy (non-hydrogen) atoms. The van der Waals surface area contributed by atoms with Crippen molar-refractivity contribution in [3.63, 3.8) is 0 Å². The fourth-order valence-electron chi connectivity index (χ4n) is 3.19. The Hall–Kier alpha value is -2.38. The van der Waals surface area contributed by atoms with Gasteiger partial charge < -0.3 is 5.73 Å². The molecule has 152 valence electrons. The molecule has 2 N–H and O–H groups in total. The molecule has 0 aliphatic carbocycles. The lowest BCUT2D eigenvalue weighted by Crippen LogP contribution is -2.18. The Kier molecular flexibility index (Phi) is 7.28. The van der Waals surface area contributed by atoms with Gasteiger partial charge in [0.05, 0.1) is 5.69 Å². The fourth-order valence-corrected chi connectivity index (χ4v) is 4.27. The van der Waals surface area contributed by atoms with Crippen molar-refractivity contribution in [3.8, 4) is 5.69 Å². The average Bonchev–Trinajstić information content (AvgIpc) is 3.10. The lowest BCUT2D eigenvalue weighted by molar-refractivity contribution is -0.118. The van der Waals surface area contributed by atoms with Crippen molar-refractivity contribution in [1.29, 1.82) is 0 Å². The van der Waals surface area contributed by atoms with Crippen LogP contribution >= 0.6 is 23.4 Å². The lowest BCUT2D eigenvalue weighted by Gasteiger charge is -2.17. The van der Waals surface area contributed by atoms with E-state index < -0.39 is 0 Å². The summed E-state index contributed by atoms with van der Waals surface area (Å²) in [6.07, 6.45) is 1.84. The van der Waals surface area contributed by atoms with Gasteiger partial charge >= 0.3 is 0 Å². The van der Waals surface area contributed by atoms with E-state index in [1.165, 1.54) is 23.9 Å².